The quantitative estimate of drug-likeness (QED) is 0.467. The van der Waals surface area contributed by atoms with Gasteiger partial charge >= 0.3 is 0 Å². The number of nitrogens with zero attached hydrogens (tertiary/aromatic N) is 5. The van der Waals surface area contributed by atoms with E-state index in [2.05, 4.69) is 26.7 Å². The van der Waals surface area contributed by atoms with E-state index in [4.69, 9.17) is 5.26 Å². The maximum Gasteiger partial charge on any atom is 0.276 e. The number of anilines is 2. The van der Waals surface area contributed by atoms with Crippen LogP contribution in [0.1, 0.15) is 32.9 Å². The van der Waals surface area contributed by atoms with E-state index in [-0.39, 0.29) is 40.6 Å². The van der Waals surface area contributed by atoms with Crippen molar-refractivity contribution in [3.05, 3.63) is 44.4 Å². The number of pyridine rings is 1. The first-order valence-electron chi connectivity index (χ1n) is 12.6. The van der Waals surface area contributed by atoms with Gasteiger partial charge in [-0.05, 0) is 43.4 Å². The summed E-state index contributed by atoms with van der Waals surface area (Å²) in [5.41, 5.74) is 0.177. The molecule has 3 aliphatic heterocycles. The van der Waals surface area contributed by atoms with Crippen molar-refractivity contribution >= 4 is 54.7 Å². The SMILES string of the molecule is Cc1cc(Nc2ncnc3sc4c(c23)CC[C@H](C(=O)N2CC(C#N)C2)C4)c(=O)n2c1C(=O)NC21CS(=O)(=O)C1. The molecular formula is C25H23N7O5S2. The normalized spacial score (nSPS) is 22.4. The number of hydrogen-bond acceptors (Lipinski definition) is 10. The molecule has 1 spiro atoms. The number of aryl methyl sites for hydroxylation is 2. The van der Waals surface area contributed by atoms with Crippen LogP contribution < -0.4 is 16.2 Å². The molecule has 1 aliphatic carbocycles. The number of carbonyl (C=O) groups excluding carboxylic acids is 2. The summed E-state index contributed by atoms with van der Waals surface area (Å²) in [6.45, 7) is 2.70. The Labute approximate surface area is 226 Å². The Bertz CT molecular complexity index is 1820. The van der Waals surface area contributed by atoms with Crippen LogP contribution in [-0.4, -0.2) is 64.3 Å². The third-order valence-corrected chi connectivity index (χ3v) is 11.1. The van der Waals surface area contributed by atoms with Gasteiger partial charge in [-0.15, -0.1) is 11.3 Å². The topological polar surface area (TPSA) is 167 Å². The minimum absolute atomic E-state index is 0.0780. The van der Waals surface area contributed by atoms with E-state index in [0.29, 0.717) is 43.7 Å². The first kappa shape index (κ1) is 24.2. The van der Waals surface area contributed by atoms with E-state index in [1.165, 1.54) is 22.2 Å². The van der Waals surface area contributed by atoms with E-state index in [1.54, 1.807) is 17.9 Å². The molecule has 0 radical (unpaired) electrons. The molecule has 14 heteroatoms. The number of fused-ring (bicyclic) bond motifs is 5. The molecule has 12 nitrogen and oxygen atoms in total. The molecule has 2 N–H and O–H groups in total. The number of sulfone groups is 1. The minimum atomic E-state index is -3.35. The largest absolute Gasteiger partial charge is 0.340 e. The lowest BCUT2D eigenvalue weighted by molar-refractivity contribution is -0.141. The van der Waals surface area contributed by atoms with E-state index in [9.17, 15) is 22.8 Å². The van der Waals surface area contributed by atoms with E-state index in [1.807, 2.05) is 0 Å². The number of nitriles is 1. The molecule has 0 aromatic carbocycles. The summed E-state index contributed by atoms with van der Waals surface area (Å²) in [7, 11) is -3.35. The summed E-state index contributed by atoms with van der Waals surface area (Å²) < 4.78 is 25.3. The second-order valence-electron chi connectivity index (χ2n) is 10.8. The van der Waals surface area contributed by atoms with Crippen molar-refractivity contribution in [1.29, 1.82) is 5.26 Å². The van der Waals surface area contributed by atoms with Crippen LogP contribution in [0.3, 0.4) is 0 Å². The summed E-state index contributed by atoms with van der Waals surface area (Å²) in [6.07, 6.45) is 3.34. The van der Waals surface area contributed by atoms with Gasteiger partial charge in [0.2, 0.25) is 5.91 Å². The summed E-state index contributed by atoms with van der Waals surface area (Å²) in [5.74, 6) is -0.799. The van der Waals surface area contributed by atoms with E-state index in [0.717, 1.165) is 20.7 Å². The minimum Gasteiger partial charge on any atom is -0.340 e. The second-order valence-corrected chi connectivity index (χ2v) is 13.9. The summed E-state index contributed by atoms with van der Waals surface area (Å²) in [4.78, 5) is 51.7. The molecule has 39 heavy (non-hydrogen) atoms. The van der Waals surface area contributed by atoms with Crippen molar-refractivity contribution in [1.82, 2.24) is 24.8 Å². The summed E-state index contributed by atoms with van der Waals surface area (Å²) >= 11 is 1.51. The van der Waals surface area contributed by atoms with Crippen LogP contribution >= 0.6 is 11.3 Å². The van der Waals surface area contributed by atoms with Gasteiger partial charge < -0.3 is 15.5 Å². The zero-order valence-corrected chi connectivity index (χ0v) is 22.5. The molecule has 2 fully saturated rings. The predicted octanol–water partition coefficient (Wildman–Crippen LogP) is 0.817. The Morgan fingerprint density at radius 2 is 2.05 bits per heavy atom. The lowest BCUT2D eigenvalue weighted by Crippen LogP contribution is -2.64. The third-order valence-electron chi connectivity index (χ3n) is 8.12. The van der Waals surface area contributed by atoms with Gasteiger partial charge in [0.05, 0.1) is 28.9 Å². The molecule has 1 atom stereocenters. The predicted molar refractivity (Wildman–Crippen MR) is 141 cm³/mol. The molecule has 2 saturated heterocycles. The molecular weight excluding hydrogens is 542 g/mol. The molecule has 0 saturated carbocycles. The van der Waals surface area contributed by atoms with E-state index >= 15 is 0 Å². The maximum absolute atomic E-state index is 13.6. The number of likely N-dealkylation sites (tertiary alicyclic amines) is 1. The monoisotopic (exact) mass is 565 g/mol. The Balaban J connectivity index is 1.23. The Kier molecular flexibility index (Phi) is 5.03. The van der Waals surface area contributed by atoms with E-state index < -0.39 is 27.0 Å². The Morgan fingerprint density at radius 1 is 1.28 bits per heavy atom. The summed E-state index contributed by atoms with van der Waals surface area (Å²) in [5, 5.41) is 15.7. The highest BCUT2D eigenvalue weighted by Crippen LogP contribution is 2.41. The lowest BCUT2D eigenvalue weighted by Gasteiger charge is -2.38. The highest BCUT2D eigenvalue weighted by molar-refractivity contribution is 7.92. The third kappa shape index (κ3) is 3.52. The zero-order valence-electron chi connectivity index (χ0n) is 20.9. The molecule has 3 aromatic heterocycles. The molecule has 7 rings (SSSR count). The van der Waals surface area contributed by atoms with Gasteiger partial charge in [-0.1, -0.05) is 0 Å². The van der Waals surface area contributed by atoms with Crippen LogP contribution in [0.4, 0.5) is 11.5 Å². The molecule has 3 aromatic rings. The number of rotatable bonds is 3. The highest BCUT2D eigenvalue weighted by Gasteiger charge is 2.57. The van der Waals surface area contributed by atoms with Gasteiger partial charge in [-0.3, -0.25) is 19.0 Å². The number of aromatic nitrogens is 3. The van der Waals surface area contributed by atoms with Gasteiger partial charge in [0.25, 0.3) is 11.5 Å². The van der Waals surface area contributed by atoms with Gasteiger partial charge in [0.1, 0.15) is 34.0 Å². The molecule has 0 bridgehead atoms. The first-order chi connectivity index (χ1) is 18.6. The van der Waals surface area contributed by atoms with Gasteiger partial charge in [-0.2, -0.15) is 5.26 Å². The van der Waals surface area contributed by atoms with Crippen LogP contribution in [0.5, 0.6) is 0 Å². The fraction of sp³-hybridized carbons (Fsp3) is 0.440. The number of nitrogens with one attached hydrogen (secondary N) is 2. The average Bonchev–Trinajstić information content (AvgIpc) is 3.36. The lowest BCUT2D eigenvalue weighted by atomic mass is 9.85. The molecule has 200 valence electrons. The van der Waals surface area contributed by atoms with Crippen molar-refractivity contribution in [3.8, 4) is 6.07 Å². The van der Waals surface area contributed by atoms with Crippen molar-refractivity contribution in [2.24, 2.45) is 11.8 Å². The summed E-state index contributed by atoms with van der Waals surface area (Å²) in [6, 6.07) is 3.79. The van der Waals surface area contributed by atoms with Crippen LogP contribution in [0, 0.1) is 30.1 Å². The van der Waals surface area contributed by atoms with Crippen LogP contribution in [0.15, 0.2) is 17.2 Å². The van der Waals surface area contributed by atoms with Gasteiger partial charge in [0, 0.05) is 23.9 Å². The molecule has 4 aliphatic rings. The van der Waals surface area contributed by atoms with Crippen molar-refractivity contribution in [3.63, 3.8) is 0 Å². The molecule has 2 amide bonds. The number of carbonyl (C=O) groups is 2. The Morgan fingerprint density at radius 3 is 2.77 bits per heavy atom. The number of amides is 2. The standard InChI is InChI=1S/C25H23N7O5S2/c1-12-4-16(24(35)32-19(12)21(33)30-25(32)9-39(36,37)10-25)29-20-18-15-3-2-14(23(34)31-7-13(6-26)8-31)5-17(15)38-22(18)28-11-27-20/h4,11,13-14H,2-3,5,7-10H2,1H3,(H,30,33)(H,27,28,29)/t14-/m0/s1. The van der Waals surface area contributed by atoms with Crippen molar-refractivity contribution in [2.45, 2.75) is 31.8 Å². The fourth-order valence-electron chi connectivity index (χ4n) is 6.28. The van der Waals surface area contributed by atoms with Crippen LogP contribution in [-0.2, 0) is 33.1 Å². The molecule has 0 unspecified atom stereocenters. The van der Waals surface area contributed by atoms with Crippen molar-refractivity contribution in [2.75, 3.05) is 29.9 Å². The first-order valence-corrected chi connectivity index (χ1v) is 15.2. The zero-order chi connectivity index (χ0) is 27.3. The fourth-order valence-corrected chi connectivity index (χ4v) is 9.32. The van der Waals surface area contributed by atoms with Gasteiger partial charge in [0.15, 0.2) is 9.84 Å². The highest BCUT2D eigenvalue weighted by atomic mass is 32.2. The number of hydrogen-bond donors (Lipinski definition) is 2. The number of thiophene rings is 1. The van der Waals surface area contributed by atoms with Crippen LogP contribution in [0.25, 0.3) is 10.2 Å². The van der Waals surface area contributed by atoms with Crippen LogP contribution in [0.2, 0.25) is 0 Å². The second kappa shape index (κ2) is 8.09. The smallest absolute Gasteiger partial charge is 0.276 e. The Hall–Kier alpha value is -3.83. The van der Waals surface area contributed by atoms with Gasteiger partial charge in [-0.25, -0.2) is 18.4 Å². The van der Waals surface area contributed by atoms with Crippen molar-refractivity contribution < 1.29 is 18.0 Å². The maximum atomic E-state index is 13.6. The average molecular weight is 566 g/mol. The molecule has 6 heterocycles.